The van der Waals surface area contributed by atoms with Crippen molar-refractivity contribution in [3.63, 3.8) is 0 Å². The summed E-state index contributed by atoms with van der Waals surface area (Å²) in [4.78, 5) is 24.4. The van der Waals surface area contributed by atoms with Crippen molar-refractivity contribution in [3.8, 4) is 0 Å². The van der Waals surface area contributed by atoms with E-state index in [2.05, 4.69) is 6.07 Å². The van der Waals surface area contributed by atoms with Crippen molar-refractivity contribution in [2.75, 3.05) is 0 Å². The third-order valence-corrected chi connectivity index (χ3v) is 4.94. The normalized spacial score (nSPS) is 22.4. The molecule has 21 heavy (non-hydrogen) atoms. The van der Waals surface area contributed by atoms with Crippen molar-refractivity contribution >= 4 is 11.6 Å². The fourth-order valence-corrected chi connectivity index (χ4v) is 3.89. The number of ketones is 2. The molecule has 0 aromatic heterocycles. The van der Waals surface area contributed by atoms with Crippen LogP contribution in [-0.4, -0.2) is 11.6 Å². The molecule has 2 aromatic carbocycles. The van der Waals surface area contributed by atoms with Gasteiger partial charge in [0.2, 0.25) is 0 Å². The predicted molar refractivity (Wildman–Crippen MR) is 80.8 cm³/mol. The molecule has 1 atom stereocenters. The maximum absolute atomic E-state index is 12.8. The van der Waals surface area contributed by atoms with E-state index in [0.717, 1.165) is 30.4 Å². The standard InChI is InChI=1S/C19H16O2/c1-12(20)13-6-7-14-9-19(11-16(14)8-13)10-15-4-2-3-5-17(15)18(19)21/h2-8H,9-11H2,1H3/t19-/m0/s1. The van der Waals surface area contributed by atoms with Crippen molar-refractivity contribution in [1.29, 1.82) is 0 Å². The van der Waals surface area contributed by atoms with E-state index in [1.807, 2.05) is 36.4 Å². The molecule has 4 rings (SSSR count). The van der Waals surface area contributed by atoms with Crippen LogP contribution in [-0.2, 0) is 19.3 Å². The van der Waals surface area contributed by atoms with Crippen LogP contribution >= 0.6 is 0 Å². The van der Waals surface area contributed by atoms with Gasteiger partial charge < -0.3 is 0 Å². The summed E-state index contributed by atoms with van der Waals surface area (Å²) in [5.74, 6) is 0.360. The molecule has 0 heterocycles. The van der Waals surface area contributed by atoms with E-state index < -0.39 is 0 Å². The van der Waals surface area contributed by atoms with E-state index in [1.165, 1.54) is 16.7 Å². The molecule has 2 aliphatic rings. The lowest BCUT2D eigenvalue weighted by molar-refractivity contribution is 0.0831. The van der Waals surface area contributed by atoms with Gasteiger partial charge in [-0.15, -0.1) is 0 Å². The van der Waals surface area contributed by atoms with Gasteiger partial charge >= 0.3 is 0 Å². The second-order valence-electron chi connectivity index (χ2n) is 6.34. The van der Waals surface area contributed by atoms with Gasteiger partial charge in [0, 0.05) is 16.5 Å². The summed E-state index contributed by atoms with van der Waals surface area (Å²) in [5, 5.41) is 0. The van der Waals surface area contributed by atoms with Crippen LogP contribution in [0.25, 0.3) is 0 Å². The molecule has 2 heteroatoms. The first-order valence-electron chi connectivity index (χ1n) is 7.34. The summed E-state index contributed by atoms with van der Waals surface area (Å²) in [6.45, 7) is 1.59. The topological polar surface area (TPSA) is 34.1 Å². The molecule has 104 valence electrons. The Labute approximate surface area is 123 Å². The number of carbonyl (C=O) groups is 2. The fourth-order valence-electron chi connectivity index (χ4n) is 3.89. The Kier molecular flexibility index (Phi) is 2.47. The first-order valence-corrected chi connectivity index (χ1v) is 7.34. The summed E-state index contributed by atoms with van der Waals surface area (Å²) in [6.07, 6.45) is 2.39. The van der Waals surface area contributed by atoms with Gasteiger partial charge in [0.15, 0.2) is 11.6 Å². The van der Waals surface area contributed by atoms with Crippen LogP contribution in [0.15, 0.2) is 42.5 Å². The number of Topliss-reactive ketones (excluding diaryl/α,β-unsaturated/α-hetero) is 2. The van der Waals surface area contributed by atoms with Gasteiger partial charge in [-0.05, 0) is 48.9 Å². The Balaban J connectivity index is 1.75. The minimum absolute atomic E-state index is 0.0831. The monoisotopic (exact) mass is 276 g/mol. The van der Waals surface area contributed by atoms with Crippen LogP contribution in [0.3, 0.4) is 0 Å². The Morgan fingerprint density at radius 1 is 0.952 bits per heavy atom. The van der Waals surface area contributed by atoms with Gasteiger partial charge in [0.25, 0.3) is 0 Å². The highest BCUT2D eigenvalue weighted by molar-refractivity contribution is 6.05. The summed E-state index contributed by atoms with van der Waals surface area (Å²) in [6, 6.07) is 13.8. The molecule has 0 unspecified atom stereocenters. The molecule has 0 aliphatic heterocycles. The Hall–Kier alpha value is -2.22. The second kappa shape index (κ2) is 4.14. The van der Waals surface area contributed by atoms with E-state index >= 15 is 0 Å². The average Bonchev–Trinajstić information content (AvgIpc) is 2.97. The zero-order chi connectivity index (χ0) is 14.6. The molecule has 0 radical (unpaired) electrons. The average molecular weight is 276 g/mol. The van der Waals surface area contributed by atoms with Crippen LogP contribution < -0.4 is 0 Å². The lowest BCUT2D eigenvalue weighted by atomic mass is 9.81. The molecular weight excluding hydrogens is 260 g/mol. The summed E-state index contributed by atoms with van der Waals surface area (Å²) in [5.41, 5.74) is 4.89. The molecule has 2 nitrogen and oxygen atoms in total. The predicted octanol–water partition coefficient (Wildman–Crippen LogP) is 3.41. The number of benzene rings is 2. The van der Waals surface area contributed by atoms with Crippen LogP contribution in [0.2, 0.25) is 0 Å². The third kappa shape index (κ3) is 1.72. The summed E-state index contributed by atoms with van der Waals surface area (Å²) >= 11 is 0. The van der Waals surface area contributed by atoms with E-state index in [1.54, 1.807) is 6.92 Å². The van der Waals surface area contributed by atoms with Crippen molar-refractivity contribution < 1.29 is 9.59 Å². The van der Waals surface area contributed by atoms with Gasteiger partial charge in [-0.25, -0.2) is 0 Å². The van der Waals surface area contributed by atoms with Gasteiger partial charge in [-0.3, -0.25) is 9.59 Å². The molecule has 2 aromatic rings. The molecule has 0 saturated heterocycles. The Morgan fingerprint density at radius 2 is 1.67 bits per heavy atom. The smallest absolute Gasteiger partial charge is 0.170 e. The largest absolute Gasteiger partial charge is 0.295 e. The molecule has 2 aliphatic carbocycles. The minimum atomic E-state index is -0.304. The Morgan fingerprint density at radius 3 is 2.43 bits per heavy atom. The first-order chi connectivity index (χ1) is 10.1. The lowest BCUT2D eigenvalue weighted by Crippen LogP contribution is -2.28. The van der Waals surface area contributed by atoms with Gasteiger partial charge in [-0.2, -0.15) is 0 Å². The molecule has 0 fully saturated rings. The molecule has 0 amide bonds. The van der Waals surface area contributed by atoms with Crippen LogP contribution in [0.1, 0.15) is 44.3 Å². The number of fused-ring (bicyclic) bond motifs is 2. The SMILES string of the molecule is CC(=O)c1ccc2c(c1)C[C@]1(C2)Cc2ccccc2C1=O. The highest BCUT2D eigenvalue weighted by atomic mass is 16.1. The Bertz CT molecular complexity index is 788. The van der Waals surface area contributed by atoms with E-state index in [0.29, 0.717) is 0 Å². The molecule has 0 bridgehead atoms. The van der Waals surface area contributed by atoms with Gasteiger partial charge in [0.05, 0.1) is 0 Å². The fraction of sp³-hybridized carbons (Fsp3) is 0.263. The quantitative estimate of drug-likeness (QED) is 0.748. The van der Waals surface area contributed by atoms with Gasteiger partial charge in [0.1, 0.15) is 0 Å². The number of hydrogen-bond acceptors (Lipinski definition) is 2. The van der Waals surface area contributed by atoms with E-state index in [-0.39, 0.29) is 17.0 Å². The summed E-state index contributed by atoms with van der Waals surface area (Å²) in [7, 11) is 0. The maximum Gasteiger partial charge on any atom is 0.170 e. The number of carbonyl (C=O) groups excluding carboxylic acids is 2. The van der Waals surface area contributed by atoms with E-state index in [9.17, 15) is 9.59 Å². The van der Waals surface area contributed by atoms with Crippen molar-refractivity contribution in [1.82, 2.24) is 0 Å². The lowest BCUT2D eigenvalue weighted by Gasteiger charge is -2.20. The molecule has 0 saturated carbocycles. The second-order valence-corrected chi connectivity index (χ2v) is 6.34. The highest BCUT2D eigenvalue weighted by Crippen LogP contribution is 2.47. The zero-order valence-corrected chi connectivity index (χ0v) is 12.0. The third-order valence-electron chi connectivity index (χ3n) is 4.94. The van der Waals surface area contributed by atoms with Crippen molar-refractivity contribution in [2.24, 2.45) is 5.41 Å². The molecule has 1 spiro atoms. The van der Waals surface area contributed by atoms with Crippen molar-refractivity contribution in [3.05, 3.63) is 70.3 Å². The number of rotatable bonds is 1. The van der Waals surface area contributed by atoms with Crippen LogP contribution in [0.4, 0.5) is 0 Å². The zero-order valence-electron chi connectivity index (χ0n) is 12.0. The van der Waals surface area contributed by atoms with Crippen molar-refractivity contribution in [2.45, 2.75) is 26.2 Å². The van der Waals surface area contributed by atoms with Crippen LogP contribution in [0.5, 0.6) is 0 Å². The number of hydrogen-bond donors (Lipinski definition) is 0. The van der Waals surface area contributed by atoms with E-state index in [4.69, 9.17) is 0 Å². The summed E-state index contributed by atoms with van der Waals surface area (Å²) < 4.78 is 0. The maximum atomic E-state index is 12.8. The molecule has 0 N–H and O–H groups in total. The highest BCUT2D eigenvalue weighted by Gasteiger charge is 2.48. The molecular formula is C19H16O2. The van der Waals surface area contributed by atoms with Gasteiger partial charge in [-0.1, -0.05) is 36.4 Å². The van der Waals surface area contributed by atoms with Crippen LogP contribution in [0, 0.1) is 5.41 Å². The first kappa shape index (κ1) is 12.5. The minimum Gasteiger partial charge on any atom is -0.295 e.